The van der Waals surface area contributed by atoms with Crippen LogP contribution in [0.25, 0.3) is 0 Å². The van der Waals surface area contributed by atoms with Gasteiger partial charge in [-0.25, -0.2) is 0 Å². The van der Waals surface area contributed by atoms with Crippen LogP contribution in [0.2, 0.25) is 0 Å². The standard InChI is InChI=1S/C12H14N4O2/c1-9-8-15(5-4-14-9)11-3-2-10(7-13)12(6-11)16(17)18/h2-3,6,9,14H,4-5,8H2,1H3/t9-/m1/s1. The molecule has 18 heavy (non-hydrogen) atoms. The van der Waals surface area contributed by atoms with Crippen molar-refractivity contribution >= 4 is 11.4 Å². The van der Waals surface area contributed by atoms with Crippen molar-refractivity contribution in [3.05, 3.63) is 33.9 Å². The van der Waals surface area contributed by atoms with Gasteiger partial charge in [0, 0.05) is 37.4 Å². The summed E-state index contributed by atoms with van der Waals surface area (Å²) in [5.41, 5.74) is 0.780. The molecule has 1 aromatic carbocycles. The predicted molar refractivity (Wildman–Crippen MR) is 67.5 cm³/mol. The fraction of sp³-hybridized carbons (Fsp3) is 0.417. The normalized spacial score (nSPS) is 19.3. The Kier molecular flexibility index (Phi) is 3.44. The van der Waals surface area contributed by atoms with Gasteiger partial charge in [0.05, 0.1) is 4.92 Å². The molecule has 0 spiro atoms. The van der Waals surface area contributed by atoms with E-state index in [1.165, 1.54) is 12.1 Å². The molecule has 1 atom stereocenters. The topological polar surface area (TPSA) is 82.2 Å². The van der Waals surface area contributed by atoms with Crippen molar-refractivity contribution < 1.29 is 4.92 Å². The van der Waals surface area contributed by atoms with E-state index in [4.69, 9.17) is 5.26 Å². The average molecular weight is 246 g/mol. The molecular formula is C12H14N4O2. The monoisotopic (exact) mass is 246 g/mol. The first kappa shape index (κ1) is 12.3. The summed E-state index contributed by atoms with van der Waals surface area (Å²) in [5.74, 6) is 0. The van der Waals surface area contributed by atoms with Crippen molar-refractivity contribution in [1.29, 1.82) is 5.26 Å². The van der Waals surface area contributed by atoms with E-state index in [0.29, 0.717) is 6.04 Å². The van der Waals surface area contributed by atoms with E-state index in [1.807, 2.05) is 6.07 Å². The second-order valence-corrected chi connectivity index (χ2v) is 4.37. The highest BCUT2D eigenvalue weighted by molar-refractivity contribution is 5.60. The molecule has 0 unspecified atom stereocenters. The summed E-state index contributed by atoms with van der Waals surface area (Å²) in [5, 5.41) is 23.0. The second-order valence-electron chi connectivity index (χ2n) is 4.37. The van der Waals surface area contributed by atoms with Gasteiger partial charge >= 0.3 is 0 Å². The van der Waals surface area contributed by atoms with Crippen LogP contribution in [0.3, 0.4) is 0 Å². The van der Waals surface area contributed by atoms with Crippen LogP contribution in [0.15, 0.2) is 18.2 Å². The Morgan fingerprint density at radius 3 is 3.00 bits per heavy atom. The SMILES string of the molecule is C[C@@H]1CN(c2ccc(C#N)c([N+](=O)[O-])c2)CCN1. The highest BCUT2D eigenvalue weighted by atomic mass is 16.6. The van der Waals surface area contributed by atoms with Crippen molar-refractivity contribution in [2.75, 3.05) is 24.5 Å². The zero-order valence-corrected chi connectivity index (χ0v) is 10.1. The first-order valence-corrected chi connectivity index (χ1v) is 5.78. The number of hydrogen-bond donors (Lipinski definition) is 1. The molecule has 94 valence electrons. The van der Waals surface area contributed by atoms with Crippen LogP contribution in [-0.4, -0.2) is 30.6 Å². The van der Waals surface area contributed by atoms with E-state index >= 15 is 0 Å². The number of rotatable bonds is 2. The lowest BCUT2D eigenvalue weighted by atomic mass is 10.1. The van der Waals surface area contributed by atoms with E-state index in [2.05, 4.69) is 17.1 Å². The van der Waals surface area contributed by atoms with Gasteiger partial charge in [0.2, 0.25) is 0 Å². The maximum absolute atomic E-state index is 10.9. The minimum Gasteiger partial charge on any atom is -0.369 e. The van der Waals surface area contributed by atoms with Crippen LogP contribution >= 0.6 is 0 Å². The van der Waals surface area contributed by atoms with Crippen LogP contribution in [0.5, 0.6) is 0 Å². The molecule has 1 aromatic rings. The number of nitrogens with zero attached hydrogens (tertiary/aromatic N) is 3. The maximum Gasteiger partial charge on any atom is 0.289 e. The van der Waals surface area contributed by atoms with Crippen molar-refractivity contribution in [3.63, 3.8) is 0 Å². The van der Waals surface area contributed by atoms with Gasteiger partial charge in [0.15, 0.2) is 0 Å². The molecule has 1 heterocycles. The smallest absolute Gasteiger partial charge is 0.289 e. The number of piperazine rings is 1. The van der Waals surface area contributed by atoms with E-state index < -0.39 is 4.92 Å². The van der Waals surface area contributed by atoms with Crippen molar-refractivity contribution in [2.45, 2.75) is 13.0 Å². The molecule has 2 rings (SSSR count). The first-order valence-electron chi connectivity index (χ1n) is 5.78. The van der Waals surface area contributed by atoms with Gasteiger partial charge < -0.3 is 10.2 Å². The highest BCUT2D eigenvalue weighted by Gasteiger charge is 2.20. The summed E-state index contributed by atoms with van der Waals surface area (Å²) in [6.45, 7) is 4.55. The van der Waals surface area contributed by atoms with Crippen molar-refractivity contribution in [3.8, 4) is 6.07 Å². The average Bonchev–Trinajstić information content (AvgIpc) is 2.38. The number of nitro groups is 1. The molecule has 6 nitrogen and oxygen atoms in total. The van der Waals surface area contributed by atoms with Gasteiger partial charge in [0.25, 0.3) is 5.69 Å². The minimum absolute atomic E-state index is 0.104. The number of hydrogen-bond acceptors (Lipinski definition) is 5. The molecule has 0 bridgehead atoms. The summed E-state index contributed by atoms with van der Waals surface area (Å²) < 4.78 is 0. The number of anilines is 1. The number of nitro benzene ring substituents is 1. The quantitative estimate of drug-likeness (QED) is 0.627. The zero-order valence-electron chi connectivity index (χ0n) is 10.1. The lowest BCUT2D eigenvalue weighted by molar-refractivity contribution is -0.385. The van der Waals surface area contributed by atoms with Crippen LogP contribution in [-0.2, 0) is 0 Å². The zero-order chi connectivity index (χ0) is 13.1. The largest absolute Gasteiger partial charge is 0.369 e. The Morgan fingerprint density at radius 1 is 1.61 bits per heavy atom. The molecule has 0 aliphatic carbocycles. The van der Waals surface area contributed by atoms with Crippen LogP contribution < -0.4 is 10.2 Å². The fourth-order valence-electron chi connectivity index (χ4n) is 2.13. The Balaban J connectivity index is 2.32. The van der Waals surface area contributed by atoms with Crippen molar-refractivity contribution in [2.24, 2.45) is 0 Å². The minimum atomic E-state index is -0.506. The Morgan fingerprint density at radius 2 is 2.39 bits per heavy atom. The van der Waals surface area contributed by atoms with Crippen LogP contribution in [0, 0.1) is 21.4 Å². The van der Waals surface area contributed by atoms with Gasteiger partial charge in [-0.05, 0) is 19.1 Å². The molecule has 1 saturated heterocycles. The summed E-state index contributed by atoms with van der Waals surface area (Å²) in [4.78, 5) is 12.5. The number of benzene rings is 1. The molecule has 1 fully saturated rings. The molecular weight excluding hydrogens is 232 g/mol. The van der Waals surface area contributed by atoms with Gasteiger partial charge in [-0.3, -0.25) is 10.1 Å². The lowest BCUT2D eigenvalue weighted by Gasteiger charge is -2.33. The van der Waals surface area contributed by atoms with Gasteiger partial charge in [-0.2, -0.15) is 5.26 Å². The molecule has 0 saturated carbocycles. The van der Waals surface area contributed by atoms with E-state index in [0.717, 1.165) is 25.3 Å². The Bertz CT molecular complexity index is 509. The highest BCUT2D eigenvalue weighted by Crippen LogP contribution is 2.25. The molecule has 1 aliphatic heterocycles. The third kappa shape index (κ3) is 2.41. The molecule has 0 aromatic heterocycles. The molecule has 1 N–H and O–H groups in total. The summed E-state index contributed by atoms with van der Waals surface area (Å²) in [6, 6.07) is 6.96. The third-order valence-electron chi connectivity index (χ3n) is 3.03. The lowest BCUT2D eigenvalue weighted by Crippen LogP contribution is -2.49. The molecule has 1 aliphatic rings. The van der Waals surface area contributed by atoms with Gasteiger partial charge in [0.1, 0.15) is 11.6 Å². The van der Waals surface area contributed by atoms with Crippen LogP contribution in [0.4, 0.5) is 11.4 Å². The van der Waals surface area contributed by atoms with E-state index in [-0.39, 0.29) is 11.3 Å². The van der Waals surface area contributed by atoms with Gasteiger partial charge in [-0.1, -0.05) is 0 Å². The fourth-order valence-corrected chi connectivity index (χ4v) is 2.13. The Hall–Kier alpha value is -2.13. The van der Waals surface area contributed by atoms with Crippen LogP contribution in [0.1, 0.15) is 12.5 Å². The molecule has 6 heteroatoms. The Labute approximate surface area is 105 Å². The third-order valence-corrected chi connectivity index (χ3v) is 3.03. The van der Waals surface area contributed by atoms with Crippen molar-refractivity contribution in [1.82, 2.24) is 5.32 Å². The number of nitriles is 1. The second kappa shape index (κ2) is 5.02. The van der Waals surface area contributed by atoms with E-state index in [9.17, 15) is 10.1 Å². The summed E-state index contributed by atoms with van der Waals surface area (Å²) in [7, 11) is 0. The summed E-state index contributed by atoms with van der Waals surface area (Å²) >= 11 is 0. The molecule has 0 radical (unpaired) electrons. The first-order chi connectivity index (χ1) is 8.61. The molecule has 0 amide bonds. The summed E-state index contributed by atoms with van der Waals surface area (Å²) in [6.07, 6.45) is 0. The maximum atomic E-state index is 10.9. The number of nitrogens with one attached hydrogen (secondary N) is 1. The van der Waals surface area contributed by atoms with Gasteiger partial charge in [-0.15, -0.1) is 0 Å². The van der Waals surface area contributed by atoms with E-state index in [1.54, 1.807) is 6.07 Å². The predicted octanol–water partition coefficient (Wildman–Crippen LogP) is 1.26.